The lowest BCUT2D eigenvalue weighted by Gasteiger charge is -2.35. The van der Waals surface area contributed by atoms with Crippen LogP contribution in [0.5, 0.6) is 0 Å². The van der Waals surface area contributed by atoms with Gasteiger partial charge in [0.05, 0.1) is 22.8 Å². The number of fused-ring (bicyclic) bond motifs is 1. The van der Waals surface area contributed by atoms with Crippen molar-refractivity contribution in [3.63, 3.8) is 0 Å². The van der Waals surface area contributed by atoms with E-state index in [2.05, 4.69) is 19.9 Å². The molecule has 2 aliphatic rings. The summed E-state index contributed by atoms with van der Waals surface area (Å²) in [6.45, 7) is 0.797. The molecule has 1 aliphatic heterocycles. The Hall–Kier alpha value is -3.20. The molecule has 1 amide bonds. The van der Waals surface area contributed by atoms with Crippen LogP contribution in [0.15, 0.2) is 36.7 Å². The first-order valence-electron chi connectivity index (χ1n) is 9.91. The normalized spacial score (nSPS) is 17.4. The molecule has 1 aromatic carbocycles. The molecule has 1 saturated heterocycles. The van der Waals surface area contributed by atoms with E-state index in [0.717, 1.165) is 11.0 Å². The number of imidazole rings is 1. The molecule has 2 fully saturated rings. The van der Waals surface area contributed by atoms with Crippen molar-refractivity contribution in [3.8, 4) is 0 Å². The van der Waals surface area contributed by atoms with E-state index in [1.807, 2.05) is 24.3 Å². The van der Waals surface area contributed by atoms with Gasteiger partial charge in [-0.1, -0.05) is 12.1 Å². The molecule has 8 nitrogen and oxygen atoms in total. The number of carbonyl (C=O) groups is 2. The number of benzene rings is 1. The number of rotatable bonds is 2. The number of likely N-dealkylation sites (tertiary alicyclic amines) is 1. The largest absolute Gasteiger partial charge is 0.389 e. The Bertz CT molecular complexity index is 1020. The van der Waals surface area contributed by atoms with Crippen molar-refractivity contribution in [1.29, 1.82) is 0 Å². The summed E-state index contributed by atoms with van der Waals surface area (Å²) in [6.07, 6.45) is 4.94. The number of Topliss-reactive ketones (excluding diaryl/α,β-unsaturated/α-hetero) is 1. The monoisotopic (exact) mass is 411 g/mol. The molecule has 30 heavy (non-hydrogen) atoms. The second-order valence-electron chi connectivity index (χ2n) is 7.51. The van der Waals surface area contributed by atoms with Gasteiger partial charge < -0.3 is 15.0 Å². The van der Waals surface area contributed by atoms with Gasteiger partial charge in [0.15, 0.2) is 5.82 Å². The molecule has 3 heterocycles. The SMILES string of the molecule is O=C(c1nc2ccccc2[nH]1)N1CC(O)C1.O=C1CCC(c2nccnc2F)CC1. The fourth-order valence-electron chi connectivity index (χ4n) is 3.64. The fraction of sp³-hybridized carbons (Fsp3) is 0.381. The minimum absolute atomic E-state index is 0.0707. The van der Waals surface area contributed by atoms with E-state index in [4.69, 9.17) is 5.11 Å². The average molecular weight is 411 g/mol. The number of nitrogens with one attached hydrogen (secondary N) is 1. The van der Waals surface area contributed by atoms with E-state index in [1.54, 1.807) is 4.90 Å². The number of halogens is 1. The van der Waals surface area contributed by atoms with Gasteiger partial charge in [-0.3, -0.25) is 14.6 Å². The van der Waals surface area contributed by atoms with Gasteiger partial charge in [0.2, 0.25) is 5.95 Å². The van der Waals surface area contributed by atoms with Gasteiger partial charge in [-0.25, -0.2) is 9.97 Å². The second-order valence-corrected chi connectivity index (χ2v) is 7.51. The standard InChI is InChI=1S/C11H11N3O2.C10H11FN2O/c15-7-5-14(6-7)11(16)10-12-8-3-1-2-4-9(8)13-10;11-10-9(12-5-6-13-10)7-1-3-8(14)4-2-7/h1-4,7,15H,5-6H2,(H,12,13);5-7H,1-4H2. The van der Waals surface area contributed by atoms with Crippen LogP contribution in [-0.2, 0) is 4.79 Å². The van der Waals surface area contributed by atoms with Crippen molar-refractivity contribution in [2.24, 2.45) is 0 Å². The third kappa shape index (κ3) is 4.35. The molecule has 2 aromatic heterocycles. The summed E-state index contributed by atoms with van der Waals surface area (Å²) in [7, 11) is 0. The lowest BCUT2D eigenvalue weighted by Crippen LogP contribution is -2.53. The molecule has 9 heteroatoms. The van der Waals surface area contributed by atoms with Gasteiger partial charge in [0.1, 0.15) is 5.78 Å². The Labute approximate surface area is 172 Å². The summed E-state index contributed by atoms with van der Waals surface area (Å²) in [4.78, 5) is 39.2. The maximum atomic E-state index is 13.2. The van der Waals surface area contributed by atoms with E-state index < -0.39 is 5.95 Å². The van der Waals surface area contributed by atoms with Crippen molar-refractivity contribution < 1.29 is 19.1 Å². The first kappa shape index (κ1) is 20.1. The Morgan fingerprint density at radius 3 is 2.50 bits per heavy atom. The number of hydrogen-bond acceptors (Lipinski definition) is 6. The molecule has 1 aliphatic carbocycles. The molecule has 0 spiro atoms. The molecule has 5 rings (SSSR count). The highest BCUT2D eigenvalue weighted by atomic mass is 19.1. The van der Waals surface area contributed by atoms with Crippen molar-refractivity contribution in [3.05, 3.63) is 54.1 Å². The predicted molar refractivity (Wildman–Crippen MR) is 106 cm³/mol. The Kier molecular flexibility index (Phi) is 5.80. The lowest BCUT2D eigenvalue weighted by molar-refractivity contribution is -0.120. The van der Waals surface area contributed by atoms with Crippen LogP contribution in [0.1, 0.15) is 47.9 Å². The highest BCUT2D eigenvalue weighted by molar-refractivity contribution is 5.94. The number of nitrogens with zero attached hydrogens (tertiary/aromatic N) is 4. The van der Waals surface area contributed by atoms with E-state index in [-0.39, 0.29) is 23.7 Å². The number of carbonyl (C=O) groups excluding carboxylic acids is 2. The minimum Gasteiger partial charge on any atom is -0.389 e. The summed E-state index contributed by atoms with van der Waals surface area (Å²) in [5.74, 6) is 0.0356. The van der Waals surface area contributed by atoms with E-state index in [1.165, 1.54) is 12.4 Å². The second kappa shape index (κ2) is 8.66. The van der Waals surface area contributed by atoms with Gasteiger partial charge in [-0.05, 0) is 25.0 Å². The highest BCUT2D eigenvalue weighted by Crippen LogP contribution is 2.30. The maximum Gasteiger partial charge on any atom is 0.289 e. The van der Waals surface area contributed by atoms with Crippen LogP contribution in [0.3, 0.4) is 0 Å². The molecule has 1 saturated carbocycles. The van der Waals surface area contributed by atoms with Gasteiger partial charge in [0.25, 0.3) is 5.91 Å². The summed E-state index contributed by atoms with van der Waals surface area (Å²) < 4.78 is 13.2. The molecule has 0 radical (unpaired) electrons. The zero-order chi connectivity index (χ0) is 21.1. The summed E-state index contributed by atoms with van der Waals surface area (Å²) in [5, 5.41) is 9.13. The summed E-state index contributed by atoms with van der Waals surface area (Å²) in [6, 6.07) is 7.50. The number of β-amino-alcohol motifs (C(OH)–C–C–N with tert-alkyl or cyclic N) is 1. The molecular weight excluding hydrogens is 389 g/mol. The Morgan fingerprint density at radius 2 is 1.83 bits per heavy atom. The third-order valence-corrected chi connectivity index (χ3v) is 5.35. The number of hydrogen-bond donors (Lipinski definition) is 2. The molecule has 156 valence electrons. The molecule has 0 atom stereocenters. The zero-order valence-electron chi connectivity index (χ0n) is 16.3. The number of ketones is 1. The minimum atomic E-state index is -0.494. The first-order valence-corrected chi connectivity index (χ1v) is 9.91. The van der Waals surface area contributed by atoms with Crippen LogP contribution in [0.4, 0.5) is 4.39 Å². The zero-order valence-corrected chi connectivity index (χ0v) is 16.3. The van der Waals surface area contributed by atoms with Gasteiger partial charge in [-0.15, -0.1) is 0 Å². The first-order chi connectivity index (χ1) is 14.5. The Morgan fingerprint density at radius 1 is 1.13 bits per heavy atom. The smallest absolute Gasteiger partial charge is 0.289 e. The summed E-state index contributed by atoms with van der Waals surface area (Å²) in [5.41, 5.74) is 2.05. The number of para-hydroxylation sites is 2. The number of H-pyrrole nitrogens is 1. The van der Waals surface area contributed by atoms with Crippen LogP contribution in [-0.4, -0.2) is 60.8 Å². The number of amides is 1. The molecular formula is C21H22FN5O3. The van der Waals surface area contributed by atoms with E-state index >= 15 is 0 Å². The molecule has 0 bridgehead atoms. The number of aromatic nitrogens is 4. The summed E-state index contributed by atoms with van der Waals surface area (Å²) >= 11 is 0. The third-order valence-electron chi connectivity index (χ3n) is 5.35. The fourth-order valence-corrected chi connectivity index (χ4v) is 3.64. The molecule has 0 unspecified atom stereocenters. The van der Waals surface area contributed by atoms with Gasteiger partial charge in [0, 0.05) is 44.2 Å². The van der Waals surface area contributed by atoms with Crippen LogP contribution < -0.4 is 0 Å². The van der Waals surface area contributed by atoms with E-state index in [0.29, 0.717) is 50.3 Å². The van der Waals surface area contributed by atoms with Crippen LogP contribution >= 0.6 is 0 Å². The van der Waals surface area contributed by atoms with Crippen LogP contribution in [0, 0.1) is 5.95 Å². The van der Waals surface area contributed by atoms with Crippen LogP contribution in [0.2, 0.25) is 0 Å². The van der Waals surface area contributed by atoms with Crippen molar-refractivity contribution in [2.75, 3.05) is 13.1 Å². The average Bonchev–Trinajstić information content (AvgIpc) is 3.17. The molecule has 2 N–H and O–H groups in total. The van der Waals surface area contributed by atoms with Crippen LogP contribution in [0.25, 0.3) is 11.0 Å². The maximum absolute atomic E-state index is 13.2. The topological polar surface area (TPSA) is 112 Å². The Balaban J connectivity index is 0.000000147. The van der Waals surface area contributed by atoms with Crippen molar-refractivity contribution in [2.45, 2.75) is 37.7 Å². The van der Waals surface area contributed by atoms with E-state index in [9.17, 15) is 14.0 Å². The lowest BCUT2D eigenvalue weighted by atomic mass is 9.86. The quantitative estimate of drug-likeness (QED) is 0.669. The predicted octanol–water partition coefficient (Wildman–Crippen LogP) is 2.22. The number of aliphatic hydroxyl groups excluding tert-OH is 1. The number of aliphatic hydroxyl groups is 1. The van der Waals surface area contributed by atoms with Gasteiger partial charge in [-0.2, -0.15) is 4.39 Å². The van der Waals surface area contributed by atoms with Gasteiger partial charge >= 0.3 is 0 Å². The van der Waals surface area contributed by atoms with Crippen molar-refractivity contribution >= 4 is 22.7 Å². The highest BCUT2D eigenvalue weighted by Gasteiger charge is 2.31. The number of aromatic amines is 1. The molecule has 3 aromatic rings. The van der Waals surface area contributed by atoms with Crippen molar-refractivity contribution in [1.82, 2.24) is 24.8 Å².